The van der Waals surface area contributed by atoms with Gasteiger partial charge in [0.15, 0.2) is 0 Å². The number of aryl methyl sites for hydroxylation is 1. The molecule has 2 heteroatoms. The summed E-state index contributed by atoms with van der Waals surface area (Å²) < 4.78 is 5.21. The molecular formula is C9H14OY-2. The van der Waals surface area contributed by atoms with E-state index in [0.717, 1.165) is 24.4 Å². The number of rotatable bonds is 2. The summed E-state index contributed by atoms with van der Waals surface area (Å²) in [5.74, 6) is 1.81. The minimum atomic E-state index is 0. The van der Waals surface area contributed by atoms with Crippen LogP contribution < -0.4 is 0 Å². The second-order valence-corrected chi connectivity index (χ2v) is 2.12. The number of hydrogen-bond donors (Lipinski definition) is 0. The van der Waals surface area contributed by atoms with Gasteiger partial charge in [-0.2, -0.15) is 6.07 Å². The van der Waals surface area contributed by atoms with Gasteiger partial charge in [0.25, 0.3) is 0 Å². The number of hydrogen-bond acceptors (Lipinski definition) is 1. The van der Waals surface area contributed by atoms with Gasteiger partial charge in [-0.05, 0) is 12.2 Å². The van der Waals surface area contributed by atoms with Crippen molar-refractivity contribution in [3.63, 3.8) is 0 Å². The molecule has 0 N–H and O–H groups in total. The van der Waals surface area contributed by atoms with Crippen LogP contribution in [0.1, 0.15) is 24.9 Å². The maximum absolute atomic E-state index is 5.21. The SMILES string of the molecule is [CH2-]c1ccc(CCC)o1.[CH3-].[Y]. The Balaban J connectivity index is 0. The van der Waals surface area contributed by atoms with Crippen molar-refractivity contribution < 1.29 is 37.1 Å². The zero-order chi connectivity index (χ0) is 6.69. The molecule has 1 aromatic heterocycles. The van der Waals surface area contributed by atoms with E-state index < -0.39 is 0 Å². The largest absolute Gasteiger partial charge is 0.501 e. The molecule has 0 aliphatic carbocycles. The maximum Gasteiger partial charge on any atom is 0.0819 e. The quantitative estimate of drug-likeness (QED) is 0.708. The zero-order valence-electron chi connectivity index (χ0n) is 7.26. The van der Waals surface area contributed by atoms with E-state index in [1.165, 1.54) is 0 Å². The van der Waals surface area contributed by atoms with Crippen molar-refractivity contribution in [2.24, 2.45) is 0 Å². The van der Waals surface area contributed by atoms with Crippen molar-refractivity contribution in [3.8, 4) is 0 Å². The molecule has 0 amide bonds. The van der Waals surface area contributed by atoms with Crippen LogP contribution in [0.4, 0.5) is 0 Å². The molecule has 0 aliphatic rings. The van der Waals surface area contributed by atoms with E-state index in [0.29, 0.717) is 0 Å². The first-order valence-corrected chi connectivity index (χ1v) is 3.23. The topological polar surface area (TPSA) is 13.1 Å². The molecule has 0 aromatic carbocycles. The molecule has 1 aromatic rings. The van der Waals surface area contributed by atoms with Gasteiger partial charge < -0.3 is 11.8 Å². The Morgan fingerprint density at radius 3 is 2.45 bits per heavy atom. The summed E-state index contributed by atoms with van der Waals surface area (Å²) in [5, 5.41) is 0. The van der Waals surface area contributed by atoms with E-state index in [9.17, 15) is 0 Å². The van der Waals surface area contributed by atoms with Gasteiger partial charge >= 0.3 is 0 Å². The Bertz CT molecular complexity index is 181. The Kier molecular flexibility index (Phi) is 8.71. The molecule has 61 valence electrons. The average Bonchev–Trinajstić information content (AvgIpc) is 2.17. The van der Waals surface area contributed by atoms with E-state index in [1.807, 2.05) is 12.1 Å². The van der Waals surface area contributed by atoms with Crippen LogP contribution in [-0.4, -0.2) is 0 Å². The van der Waals surface area contributed by atoms with Crippen LogP contribution in [-0.2, 0) is 39.1 Å². The van der Waals surface area contributed by atoms with E-state index in [1.54, 1.807) is 0 Å². The van der Waals surface area contributed by atoms with Crippen molar-refractivity contribution in [2.75, 3.05) is 0 Å². The first kappa shape index (κ1) is 13.8. The van der Waals surface area contributed by atoms with Gasteiger partial charge in [0.05, 0.1) is 5.76 Å². The predicted octanol–water partition coefficient (Wildman–Crippen LogP) is 2.86. The maximum atomic E-state index is 5.21. The van der Waals surface area contributed by atoms with Crippen LogP contribution in [0, 0.1) is 14.4 Å². The summed E-state index contributed by atoms with van der Waals surface area (Å²) in [7, 11) is 0. The summed E-state index contributed by atoms with van der Waals surface area (Å²) in [6.45, 7) is 5.79. The molecule has 1 rings (SSSR count). The minimum Gasteiger partial charge on any atom is -0.501 e. The number of furan rings is 1. The molecular weight excluding hydrogens is 213 g/mol. The molecule has 0 atom stereocenters. The van der Waals surface area contributed by atoms with E-state index in [4.69, 9.17) is 4.42 Å². The van der Waals surface area contributed by atoms with Crippen molar-refractivity contribution in [2.45, 2.75) is 19.8 Å². The van der Waals surface area contributed by atoms with Gasteiger partial charge in [0, 0.05) is 39.1 Å². The molecule has 1 heterocycles. The van der Waals surface area contributed by atoms with Crippen LogP contribution >= 0.6 is 0 Å². The summed E-state index contributed by atoms with van der Waals surface area (Å²) >= 11 is 0. The monoisotopic (exact) mass is 227 g/mol. The van der Waals surface area contributed by atoms with Crippen LogP contribution in [0.15, 0.2) is 16.5 Å². The van der Waals surface area contributed by atoms with Crippen LogP contribution in [0.3, 0.4) is 0 Å². The normalized spacial score (nSPS) is 8.09. The molecule has 11 heavy (non-hydrogen) atoms. The standard InChI is InChI=1S/C8H11O.CH3.Y/c1-3-4-8-6-5-7(2)9-8;;/h5-6H,2-4H2,1H3;1H3;/q2*-1;. The summed E-state index contributed by atoms with van der Waals surface area (Å²) in [6.07, 6.45) is 2.16. The molecule has 0 aliphatic heterocycles. The third-order valence-electron chi connectivity index (χ3n) is 1.21. The second-order valence-electron chi connectivity index (χ2n) is 2.12. The molecule has 0 saturated heterocycles. The van der Waals surface area contributed by atoms with Gasteiger partial charge in [0.1, 0.15) is 0 Å². The van der Waals surface area contributed by atoms with Gasteiger partial charge in [-0.25, -0.2) is 6.92 Å². The van der Waals surface area contributed by atoms with E-state index in [2.05, 4.69) is 13.8 Å². The Morgan fingerprint density at radius 1 is 1.45 bits per heavy atom. The van der Waals surface area contributed by atoms with Gasteiger partial charge in [-0.1, -0.05) is 6.92 Å². The molecule has 0 saturated carbocycles. The van der Waals surface area contributed by atoms with Gasteiger partial charge in [0.2, 0.25) is 0 Å². The van der Waals surface area contributed by atoms with Crippen molar-refractivity contribution >= 4 is 0 Å². The zero-order valence-corrected chi connectivity index (χ0v) is 10.1. The molecule has 0 bridgehead atoms. The van der Waals surface area contributed by atoms with Crippen molar-refractivity contribution in [3.05, 3.63) is 38.0 Å². The third kappa shape index (κ3) is 4.65. The molecule has 0 unspecified atom stereocenters. The van der Waals surface area contributed by atoms with Crippen LogP contribution in [0.5, 0.6) is 0 Å². The molecule has 0 spiro atoms. The summed E-state index contributed by atoms with van der Waals surface area (Å²) in [5.41, 5.74) is 0. The second kappa shape index (κ2) is 6.93. The molecule has 0 fully saturated rings. The fraction of sp³-hybridized carbons (Fsp3) is 0.333. The van der Waals surface area contributed by atoms with Crippen molar-refractivity contribution in [1.82, 2.24) is 0 Å². The first-order chi connectivity index (χ1) is 4.33. The average molecular weight is 227 g/mol. The Labute approximate surface area is 94.4 Å². The summed E-state index contributed by atoms with van der Waals surface area (Å²) in [4.78, 5) is 0. The van der Waals surface area contributed by atoms with Crippen LogP contribution in [0.2, 0.25) is 0 Å². The third-order valence-corrected chi connectivity index (χ3v) is 1.21. The fourth-order valence-corrected chi connectivity index (χ4v) is 0.803. The smallest absolute Gasteiger partial charge is 0.0819 e. The van der Waals surface area contributed by atoms with E-state index >= 15 is 0 Å². The van der Waals surface area contributed by atoms with Crippen molar-refractivity contribution in [1.29, 1.82) is 0 Å². The predicted molar refractivity (Wildman–Crippen MR) is 43.6 cm³/mol. The Morgan fingerprint density at radius 2 is 2.09 bits per heavy atom. The summed E-state index contributed by atoms with van der Waals surface area (Å²) in [6, 6.07) is 3.87. The molecule has 1 radical (unpaired) electrons. The fourth-order valence-electron chi connectivity index (χ4n) is 0.803. The Hall–Kier alpha value is 0.254. The minimum absolute atomic E-state index is 0. The molecule has 1 nitrogen and oxygen atoms in total. The van der Waals surface area contributed by atoms with Gasteiger partial charge in [-0.15, -0.1) is 6.07 Å². The first-order valence-electron chi connectivity index (χ1n) is 3.23. The van der Waals surface area contributed by atoms with Crippen LogP contribution in [0.25, 0.3) is 0 Å². The van der Waals surface area contributed by atoms with E-state index in [-0.39, 0.29) is 40.1 Å². The van der Waals surface area contributed by atoms with Gasteiger partial charge in [-0.3, -0.25) is 0 Å².